The van der Waals surface area contributed by atoms with Gasteiger partial charge in [0.25, 0.3) is 0 Å². The van der Waals surface area contributed by atoms with Gasteiger partial charge >= 0.3 is 0 Å². The topological polar surface area (TPSA) is 72.6 Å². The fourth-order valence-electron chi connectivity index (χ4n) is 2.73. The quantitative estimate of drug-likeness (QED) is 0.856. The lowest BCUT2D eigenvalue weighted by molar-refractivity contribution is 0.325. The third-order valence-electron chi connectivity index (χ3n) is 3.90. The van der Waals surface area contributed by atoms with Gasteiger partial charge in [-0.3, -0.25) is 0 Å². The summed E-state index contributed by atoms with van der Waals surface area (Å²) in [5, 5.41) is 6.12. The van der Waals surface area contributed by atoms with Gasteiger partial charge in [-0.15, -0.1) is 0 Å². The number of primary sulfonamides is 1. The molecule has 0 bridgehead atoms. The monoisotopic (exact) mass is 386 g/mol. The summed E-state index contributed by atoms with van der Waals surface area (Å²) in [5.74, 6) is 0.477. The second kappa shape index (κ2) is 6.80. The molecule has 0 saturated carbocycles. The Morgan fingerprint density at radius 2 is 1.88 bits per heavy atom. The van der Waals surface area contributed by atoms with Crippen molar-refractivity contribution in [3.63, 3.8) is 0 Å². The normalized spacial score (nSPS) is 13.9. The summed E-state index contributed by atoms with van der Waals surface area (Å²) >= 11 is 12.1. The lowest BCUT2D eigenvalue weighted by atomic mass is 10.2. The molecule has 0 radical (unpaired) electrons. The van der Waals surface area contributed by atoms with Crippen molar-refractivity contribution >= 4 is 38.9 Å². The highest BCUT2D eigenvalue weighted by Gasteiger charge is 2.21. The third kappa shape index (κ3) is 3.62. The van der Waals surface area contributed by atoms with Crippen molar-refractivity contribution in [1.82, 2.24) is 0 Å². The minimum atomic E-state index is -3.68. The van der Waals surface area contributed by atoms with Crippen LogP contribution in [0.3, 0.4) is 0 Å². The molecular weight excluding hydrogens is 371 g/mol. The van der Waals surface area contributed by atoms with Crippen molar-refractivity contribution in [3.8, 4) is 5.75 Å². The third-order valence-corrected chi connectivity index (χ3v) is 5.40. The Morgan fingerprint density at radius 3 is 2.54 bits per heavy atom. The van der Waals surface area contributed by atoms with Crippen LogP contribution in [-0.2, 0) is 16.4 Å². The van der Waals surface area contributed by atoms with Gasteiger partial charge in [-0.05, 0) is 42.3 Å². The molecule has 128 valence electrons. The van der Waals surface area contributed by atoms with Gasteiger partial charge in [0.1, 0.15) is 6.61 Å². The molecule has 0 fully saturated rings. The molecule has 0 amide bonds. The number of anilines is 1. The van der Waals surface area contributed by atoms with Crippen LogP contribution in [0.25, 0.3) is 0 Å². The van der Waals surface area contributed by atoms with E-state index in [1.54, 1.807) is 30.3 Å². The summed E-state index contributed by atoms with van der Waals surface area (Å²) < 4.78 is 28.6. The molecule has 0 spiro atoms. The molecule has 1 heterocycles. The molecule has 5 nitrogen and oxygen atoms in total. The van der Waals surface area contributed by atoms with Gasteiger partial charge in [0.15, 0.2) is 5.75 Å². The van der Waals surface area contributed by atoms with E-state index >= 15 is 0 Å². The average Bonchev–Trinajstić information content (AvgIpc) is 2.92. The van der Waals surface area contributed by atoms with E-state index in [0.717, 1.165) is 24.2 Å². The Balaban J connectivity index is 1.67. The molecule has 2 aromatic carbocycles. The zero-order valence-corrected chi connectivity index (χ0v) is 15.0. The van der Waals surface area contributed by atoms with E-state index in [1.165, 1.54) is 6.07 Å². The zero-order chi connectivity index (χ0) is 17.3. The van der Waals surface area contributed by atoms with Gasteiger partial charge < -0.3 is 9.64 Å². The Hall–Kier alpha value is -1.47. The van der Waals surface area contributed by atoms with Crippen LogP contribution in [0, 0.1) is 0 Å². The first-order chi connectivity index (χ1) is 11.4. The fourth-order valence-corrected chi connectivity index (χ4v) is 3.80. The standard InChI is InChI=1S/C16H16Cl2N2O3S/c17-13-2-1-3-14(18)16(13)23-9-8-20-7-6-11-10-12(24(19,21)22)4-5-15(11)20/h1-5,10H,6-9H2,(H2,19,21,22). The van der Waals surface area contributed by atoms with E-state index in [2.05, 4.69) is 4.90 Å². The van der Waals surface area contributed by atoms with Crippen LogP contribution in [0.1, 0.15) is 5.56 Å². The van der Waals surface area contributed by atoms with Crippen molar-refractivity contribution in [2.45, 2.75) is 11.3 Å². The first-order valence-corrected chi connectivity index (χ1v) is 9.64. The molecule has 8 heteroatoms. The highest BCUT2D eigenvalue weighted by atomic mass is 35.5. The predicted octanol–water partition coefficient (Wildman–Crippen LogP) is 3.08. The minimum Gasteiger partial charge on any atom is -0.489 e. The van der Waals surface area contributed by atoms with Crippen molar-refractivity contribution in [3.05, 3.63) is 52.0 Å². The number of para-hydroxylation sites is 1. The number of sulfonamides is 1. The number of benzene rings is 2. The lowest BCUT2D eigenvalue weighted by Gasteiger charge is -2.20. The molecule has 0 saturated heterocycles. The van der Waals surface area contributed by atoms with Crippen LogP contribution in [0.4, 0.5) is 5.69 Å². The highest BCUT2D eigenvalue weighted by Crippen LogP contribution is 2.33. The van der Waals surface area contributed by atoms with Crippen molar-refractivity contribution in [2.75, 3.05) is 24.6 Å². The summed E-state index contributed by atoms with van der Waals surface area (Å²) in [6.07, 6.45) is 0.769. The van der Waals surface area contributed by atoms with E-state index in [1.807, 2.05) is 0 Å². The first-order valence-electron chi connectivity index (χ1n) is 7.34. The van der Waals surface area contributed by atoms with E-state index in [-0.39, 0.29) is 4.90 Å². The highest BCUT2D eigenvalue weighted by molar-refractivity contribution is 7.89. The van der Waals surface area contributed by atoms with E-state index in [4.69, 9.17) is 33.1 Å². The van der Waals surface area contributed by atoms with Crippen LogP contribution in [-0.4, -0.2) is 28.1 Å². The Bertz CT molecular complexity index is 851. The molecule has 0 aromatic heterocycles. The van der Waals surface area contributed by atoms with E-state index in [0.29, 0.717) is 28.9 Å². The fraction of sp³-hybridized carbons (Fsp3) is 0.250. The number of hydrogen-bond donors (Lipinski definition) is 1. The smallest absolute Gasteiger partial charge is 0.238 e. The molecule has 3 rings (SSSR count). The summed E-state index contributed by atoms with van der Waals surface area (Å²) in [7, 11) is -3.68. The van der Waals surface area contributed by atoms with Crippen molar-refractivity contribution in [1.29, 1.82) is 0 Å². The van der Waals surface area contributed by atoms with Crippen LogP contribution in [0.5, 0.6) is 5.75 Å². The number of hydrogen-bond acceptors (Lipinski definition) is 4. The Morgan fingerprint density at radius 1 is 1.17 bits per heavy atom. The second-order valence-corrected chi connectivity index (χ2v) is 7.85. The van der Waals surface area contributed by atoms with Crippen LogP contribution < -0.4 is 14.8 Å². The Kier molecular flexibility index (Phi) is 4.92. The maximum absolute atomic E-state index is 11.4. The number of halogens is 2. The minimum absolute atomic E-state index is 0.141. The van der Waals surface area contributed by atoms with Crippen LogP contribution in [0.2, 0.25) is 10.0 Å². The second-order valence-electron chi connectivity index (χ2n) is 5.47. The van der Waals surface area contributed by atoms with Gasteiger partial charge in [-0.2, -0.15) is 0 Å². The van der Waals surface area contributed by atoms with E-state index in [9.17, 15) is 8.42 Å². The summed E-state index contributed by atoms with van der Waals surface area (Å²) in [6.45, 7) is 1.85. The number of fused-ring (bicyclic) bond motifs is 1. The largest absolute Gasteiger partial charge is 0.489 e. The van der Waals surface area contributed by atoms with Gasteiger partial charge in [0.2, 0.25) is 10.0 Å². The lowest BCUT2D eigenvalue weighted by Crippen LogP contribution is -2.26. The van der Waals surface area contributed by atoms with Gasteiger partial charge in [-0.1, -0.05) is 29.3 Å². The molecule has 1 aliphatic heterocycles. The molecule has 24 heavy (non-hydrogen) atoms. The molecule has 2 N–H and O–H groups in total. The Labute approximate surface area is 151 Å². The summed E-state index contributed by atoms with van der Waals surface area (Å²) in [6, 6.07) is 10.2. The first kappa shape index (κ1) is 17.4. The maximum atomic E-state index is 11.4. The van der Waals surface area contributed by atoms with Gasteiger partial charge in [-0.25, -0.2) is 13.6 Å². The SMILES string of the molecule is NS(=O)(=O)c1ccc2c(c1)CCN2CCOc1c(Cl)cccc1Cl. The van der Waals surface area contributed by atoms with Crippen LogP contribution >= 0.6 is 23.2 Å². The molecule has 2 aromatic rings. The van der Waals surface area contributed by atoms with Gasteiger partial charge in [0.05, 0.1) is 21.5 Å². The van der Waals surface area contributed by atoms with Crippen molar-refractivity contribution < 1.29 is 13.2 Å². The molecule has 1 aliphatic rings. The van der Waals surface area contributed by atoms with Crippen LogP contribution in [0.15, 0.2) is 41.3 Å². The molecule has 0 unspecified atom stereocenters. The molecule has 0 atom stereocenters. The zero-order valence-electron chi connectivity index (χ0n) is 12.7. The van der Waals surface area contributed by atoms with Gasteiger partial charge in [0, 0.05) is 12.2 Å². The number of rotatable bonds is 5. The predicted molar refractivity (Wildman–Crippen MR) is 95.7 cm³/mol. The molecular formula is C16H16Cl2N2O3S. The van der Waals surface area contributed by atoms with E-state index < -0.39 is 10.0 Å². The molecule has 0 aliphatic carbocycles. The summed E-state index contributed by atoms with van der Waals surface area (Å²) in [5.41, 5.74) is 1.97. The summed E-state index contributed by atoms with van der Waals surface area (Å²) in [4.78, 5) is 2.27. The number of ether oxygens (including phenoxy) is 1. The average molecular weight is 387 g/mol. The maximum Gasteiger partial charge on any atom is 0.238 e. The number of nitrogens with zero attached hydrogens (tertiary/aromatic N) is 1. The number of nitrogens with two attached hydrogens (primary N) is 1. The van der Waals surface area contributed by atoms with Crippen molar-refractivity contribution in [2.24, 2.45) is 5.14 Å².